The van der Waals surface area contributed by atoms with E-state index in [0.29, 0.717) is 6.42 Å². The maximum atomic E-state index is 12.6. The van der Waals surface area contributed by atoms with E-state index in [4.69, 9.17) is 5.26 Å². The number of nitrogens with zero attached hydrogens (tertiary/aromatic N) is 1. The fourth-order valence-corrected chi connectivity index (χ4v) is 1.23. The molecule has 1 amide bonds. The highest BCUT2D eigenvalue weighted by molar-refractivity contribution is 5.73. The van der Waals surface area contributed by atoms with E-state index in [0.717, 1.165) is 5.56 Å². The van der Waals surface area contributed by atoms with Gasteiger partial charge in [-0.2, -0.15) is 5.26 Å². The second-order valence-electron chi connectivity index (χ2n) is 3.21. The lowest BCUT2D eigenvalue weighted by molar-refractivity contribution is -0.119. The third kappa shape index (κ3) is 3.77. The van der Waals surface area contributed by atoms with Crippen LogP contribution in [-0.2, 0) is 11.2 Å². The van der Waals surface area contributed by atoms with Crippen LogP contribution in [0.4, 0.5) is 4.39 Å². The van der Waals surface area contributed by atoms with Gasteiger partial charge in [0.25, 0.3) is 0 Å². The summed E-state index contributed by atoms with van der Waals surface area (Å²) in [6.45, 7) is 1.36. The molecule has 1 aromatic carbocycles. The average molecular weight is 206 g/mol. The predicted octanol–water partition coefficient (Wildman–Crippen LogP) is 1.40. The van der Waals surface area contributed by atoms with Gasteiger partial charge < -0.3 is 5.32 Å². The lowest BCUT2D eigenvalue weighted by Gasteiger charge is -2.09. The van der Waals surface area contributed by atoms with Crippen LogP contribution in [0.2, 0.25) is 0 Å². The molecule has 0 aromatic heterocycles. The van der Waals surface area contributed by atoms with Crippen molar-refractivity contribution in [2.75, 3.05) is 0 Å². The number of nitrogens with one attached hydrogen (secondary N) is 1. The van der Waals surface area contributed by atoms with Crippen LogP contribution in [0, 0.1) is 17.1 Å². The van der Waals surface area contributed by atoms with E-state index >= 15 is 0 Å². The van der Waals surface area contributed by atoms with Crippen molar-refractivity contribution >= 4 is 5.91 Å². The average Bonchev–Trinajstić information content (AvgIpc) is 2.19. The van der Waals surface area contributed by atoms with E-state index in [1.165, 1.54) is 19.1 Å². The fraction of sp³-hybridized carbons (Fsp3) is 0.273. The van der Waals surface area contributed by atoms with Gasteiger partial charge in [-0.05, 0) is 17.7 Å². The molecule has 1 atom stereocenters. The van der Waals surface area contributed by atoms with E-state index in [9.17, 15) is 9.18 Å². The summed E-state index contributed by atoms with van der Waals surface area (Å²) in [6.07, 6.45) is 0.385. The molecule has 0 spiro atoms. The Bertz CT molecular complexity index is 381. The molecule has 4 heteroatoms. The maximum Gasteiger partial charge on any atom is 0.217 e. The summed E-state index contributed by atoms with van der Waals surface area (Å²) < 4.78 is 12.6. The largest absolute Gasteiger partial charge is 0.340 e. The number of carbonyl (C=O) groups excluding carboxylic acids is 1. The van der Waals surface area contributed by atoms with Crippen molar-refractivity contribution in [3.63, 3.8) is 0 Å². The van der Waals surface area contributed by atoms with Crippen molar-refractivity contribution in [3.8, 4) is 6.07 Å². The van der Waals surface area contributed by atoms with Crippen molar-refractivity contribution < 1.29 is 9.18 Å². The van der Waals surface area contributed by atoms with Gasteiger partial charge in [-0.25, -0.2) is 4.39 Å². The number of amides is 1. The van der Waals surface area contributed by atoms with Crippen molar-refractivity contribution in [1.82, 2.24) is 5.32 Å². The van der Waals surface area contributed by atoms with Gasteiger partial charge in [0.2, 0.25) is 5.91 Å². The first-order chi connectivity index (χ1) is 7.11. The monoisotopic (exact) mass is 206 g/mol. The molecule has 3 nitrogen and oxygen atoms in total. The molecule has 1 N–H and O–H groups in total. The summed E-state index contributed by atoms with van der Waals surface area (Å²) in [6, 6.07) is 7.27. The zero-order valence-electron chi connectivity index (χ0n) is 8.33. The highest BCUT2D eigenvalue weighted by Crippen LogP contribution is 2.05. The molecule has 0 saturated carbocycles. The number of carbonyl (C=O) groups is 1. The number of halogens is 1. The predicted molar refractivity (Wildman–Crippen MR) is 53.3 cm³/mol. The Morgan fingerprint density at radius 3 is 2.60 bits per heavy atom. The zero-order valence-corrected chi connectivity index (χ0v) is 8.33. The molecule has 0 unspecified atom stereocenters. The smallest absolute Gasteiger partial charge is 0.217 e. The molecule has 1 aromatic rings. The molecule has 0 aliphatic rings. The molecule has 15 heavy (non-hydrogen) atoms. The third-order valence-electron chi connectivity index (χ3n) is 1.89. The standard InChI is InChI=1S/C11H11FN2O/c1-8(15)14-11(7-13)6-9-2-4-10(12)5-3-9/h2-5,11H,6H2,1H3,(H,14,15)/t11-/m0/s1. The second kappa shape index (κ2) is 5.11. The van der Waals surface area contributed by atoms with E-state index in [1.807, 2.05) is 6.07 Å². The molecule has 1 rings (SSSR count). The van der Waals surface area contributed by atoms with Gasteiger partial charge >= 0.3 is 0 Å². The normalized spacial score (nSPS) is 11.5. The van der Waals surface area contributed by atoms with Gasteiger partial charge in [0.05, 0.1) is 6.07 Å². The first-order valence-electron chi connectivity index (χ1n) is 4.53. The molecule has 0 aliphatic carbocycles. The SMILES string of the molecule is CC(=O)N[C@H](C#N)Cc1ccc(F)cc1. The number of hydrogen-bond acceptors (Lipinski definition) is 2. The minimum absolute atomic E-state index is 0.247. The van der Waals surface area contributed by atoms with Gasteiger partial charge in [-0.15, -0.1) is 0 Å². The van der Waals surface area contributed by atoms with Gasteiger partial charge in [-0.3, -0.25) is 4.79 Å². The van der Waals surface area contributed by atoms with E-state index in [-0.39, 0.29) is 11.7 Å². The Morgan fingerprint density at radius 1 is 1.53 bits per heavy atom. The van der Waals surface area contributed by atoms with Gasteiger partial charge in [0.1, 0.15) is 11.9 Å². The maximum absolute atomic E-state index is 12.6. The summed E-state index contributed by atoms with van der Waals surface area (Å²) in [5.41, 5.74) is 0.816. The molecular weight excluding hydrogens is 195 g/mol. The van der Waals surface area contributed by atoms with Crippen LogP contribution in [0.3, 0.4) is 0 Å². The minimum Gasteiger partial charge on any atom is -0.340 e. The van der Waals surface area contributed by atoms with Gasteiger partial charge in [0.15, 0.2) is 0 Å². The lowest BCUT2D eigenvalue weighted by atomic mass is 10.1. The highest BCUT2D eigenvalue weighted by Gasteiger charge is 2.09. The number of nitriles is 1. The topological polar surface area (TPSA) is 52.9 Å². The van der Waals surface area contributed by atoms with E-state index in [1.54, 1.807) is 12.1 Å². The summed E-state index contributed by atoms with van der Waals surface area (Å²) in [5.74, 6) is -0.560. The summed E-state index contributed by atoms with van der Waals surface area (Å²) in [7, 11) is 0. The molecule has 0 bridgehead atoms. The molecule has 0 aliphatic heterocycles. The molecular formula is C11H11FN2O. The Kier molecular flexibility index (Phi) is 3.81. The lowest BCUT2D eigenvalue weighted by Crippen LogP contribution is -2.33. The van der Waals surface area contributed by atoms with Crippen molar-refractivity contribution in [2.45, 2.75) is 19.4 Å². The highest BCUT2D eigenvalue weighted by atomic mass is 19.1. The minimum atomic E-state index is -0.562. The summed E-state index contributed by atoms with van der Waals surface area (Å²) >= 11 is 0. The van der Waals surface area contributed by atoms with Crippen LogP contribution in [0.5, 0.6) is 0 Å². The Labute approximate surface area is 87.5 Å². The first-order valence-corrected chi connectivity index (χ1v) is 4.53. The van der Waals surface area contributed by atoms with Crippen molar-refractivity contribution in [1.29, 1.82) is 5.26 Å². The Morgan fingerprint density at radius 2 is 2.13 bits per heavy atom. The van der Waals surface area contributed by atoms with Crippen LogP contribution in [0.15, 0.2) is 24.3 Å². The number of benzene rings is 1. The fourth-order valence-electron chi connectivity index (χ4n) is 1.23. The zero-order chi connectivity index (χ0) is 11.3. The van der Waals surface area contributed by atoms with Crippen molar-refractivity contribution in [3.05, 3.63) is 35.6 Å². The van der Waals surface area contributed by atoms with Crippen molar-refractivity contribution in [2.24, 2.45) is 0 Å². The Balaban J connectivity index is 2.63. The third-order valence-corrected chi connectivity index (χ3v) is 1.89. The van der Waals surface area contributed by atoms with Crippen LogP contribution >= 0.6 is 0 Å². The number of hydrogen-bond donors (Lipinski definition) is 1. The molecule has 0 saturated heterocycles. The van der Waals surface area contributed by atoms with Crippen LogP contribution < -0.4 is 5.32 Å². The number of rotatable bonds is 3. The van der Waals surface area contributed by atoms with Crippen LogP contribution in [-0.4, -0.2) is 11.9 Å². The van der Waals surface area contributed by atoms with E-state index < -0.39 is 6.04 Å². The van der Waals surface area contributed by atoms with Crippen LogP contribution in [0.25, 0.3) is 0 Å². The second-order valence-corrected chi connectivity index (χ2v) is 3.21. The molecule has 78 valence electrons. The quantitative estimate of drug-likeness (QED) is 0.812. The van der Waals surface area contributed by atoms with Crippen LogP contribution in [0.1, 0.15) is 12.5 Å². The van der Waals surface area contributed by atoms with Gasteiger partial charge in [-0.1, -0.05) is 12.1 Å². The first kappa shape index (κ1) is 11.2. The summed E-state index contributed by atoms with van der Waals surface area (Å²) in [5, 5.41) is 11.3. The molecule has 0 radical (unpaired) electrons. The Hall–Kier alpha value is -1.89. The molecule has 0 fully saturated rings. The van der Waals surface area contributed by atoms with Gasteiger partial charge in [0, 0.05) is 13.3 Å². The van der Waals surface area contributed by atoms with E-state index in [2.05, 4.69) is 5.32 Å². The summed E-state index contributed by atoms with van der Waals surface area (Å²) in [4.78, 5) is 10.7. The molecule has 0 heterocycles.